The summed E-state index contributed by atoms with van der Waals surface area (Å²) in [6, 6.07) is 7.54. The molecule has 0 amide bonds. The van der Waals surface area contributed by atoms with E-state index in [1.165, 1.54) is 12.8 Å². The van der Waals surface area contributed by atoms with Crippen molar-refractivity contribution in [2.45, 2.75) is 44.0 Å². The molecular formula is C14H22N2O2S. The van der Waals surface area contributed by atoms with E-state index in [0.29, 0.717) is 29.1 Å². The third-order valence-corrected chi connectivity index (χ3v) is 5.04. The molecular weight excluding hydrogens is 260 g/mol. The Kier molecular flexibility index (Phi) is 4.47. The van der Waals surface area contributed by atoms with Crippen molar-refractivity contribution >= 4 is 15.7 Å². The van der Waals surface area contributed by atoms with Crippen LogP contribution in [0.5, 0.6) is 0 Å². The number of hydrogen-bond donors (Lipinski definition) is 2. The van der Waals surface area contributed by atoms with Gasteiger partial charge in [0.1, 0.15) is 4.90 Å². The van der Waals surface area contributed by atoms with E-state index in [4.69, 9.17) is 0 Å². The van der Waals surface area contributed by atoms with E-state index in [2.05, 4.69) is 17.0 Å². The summed E-state index contributed by atoms with van der Waals surface area (Å²) in [6.45, 7) is 4.36. The van der Waals surface area contributed by atoms with Crippen LogP contribution in [-0.2, 0) is 10.0 Å². The van der Waals surface area contributed by atoms with Crippen LogP contribution in [-0.4, -0.2) is 21.0 Å². The number of para-hydroxylation sites is 1. The predicted octanol–water partition coefficient (Wildman–Crippen LogP) is 2.59. The summed E-state index contributed by atoms with van der Waals surface area (Å²) in [7, 11) is -3.40. The highest BCUT2D eigenvalue weighted by molar-refractivity contribution is 7.89. The minimum atomic E-state index is -3.40. The fourth-order valence-electron chi connectivity index (χ4n) is 2.40. The summed E-state index contributed by atoms with van der Waals surface area (Å²) in [5, 5.41) is 3.36. The summed E-state index contributed by atoms with van der Waals surface area (Å²) < 4.78 is 26.8. The first-order valence-electron chi connectivity index (χ1n) is 6.93. The first-order chi connectivity index (χ1) is 9.08. The Hall–Kier alpha value is -1.07. The second-order valence-corrected chi connectivity index (χ2v) is 6.77. The molecule has 1 aromatic rings. The standard InChI is InChI=1S/C14H22N2O2S/c1-3-7-11-10-13(11)16-12-8-5-6-9-14(12)19(17,18)15-4-2/h5-6,8-9,11,13,15-16H,3-4,7,10H2,1-2H3. The summed E-state index contributed by atoms with van der Waals surface area (Å²) >= 11 is 0. The molecule has 0 aromatic heterocycles. The monoisotopic (exact) mass is 282 g/mol. The molecule has 5 heteroatoms. The van der Waals surface area contributed by atoms with Gasteiger partial charge in [-0.15, -0.1) is 0 Å². The SMILES string of the molecule is CCCC1CC1Nc1ccccc1S(=O)(=O)NCC. The summed E-state index contributed by atoms with van der Waals surface area (Å²) in [4.78, 5) is 0.346. The van der Waals surface area contributed by atoms with Crippen molar-refractivity contribution in [2.75, 3.05) is 11.9 Å². The minimum absolute atomic E-state index is 0.346. The van der Waals surface area contributed by atoms with Crippen molar-refractivity contribution in [1.82, 2.24) is 4.72 Å². The van der Waals surface area contributed by atoms with E-state index < -0.39 is 10.0 Å². The number of anilines is 1. The molecule has 1 saturated carbocycles. The van der Waals surface area contributed by atoms with Crippen molar-refractivity contribution in [3.8, 4) is 0 Å². The molecule has 1 aromatic carbocycles. The van der Waals surface area contributed by atoms with Gasteiger partial charge in [-0.3, -0.25) is 0 Å². The van der Waals surface area contributed by atoms with Crippen LogP contribution in [0.25, 0.3) is 0 Å². The van der Waals surface area contributed by atoms with Gasteiger partial charge in [0.15, 0.2) is 0 Å². The van der Waals surface area contributed by atoms with Gasteiger partial charge in [-0.2, -0.15) is 0 Å². The van der Waals surface area contributed by atoms with Crippen LogP contribution in [0.1, 0.15) is 33.1 Å². The Morgan fingerprint density at radius 2 is 2.00 bits per heavy atom. The smallest absolute Gasteiger partial charge is 0.242 e. The van der Waals surface area contributed by atoms with E-state index in [-0.39, 0.29) is 0 Å². The average molecular weight is 282 g/mol. The molecule has 1 fully saturated rings. The van der Waals surface area contributed by atoms with E-state index in [0.717, 1.165) is 6.42 Å². The first kappa shape index (κ1) is 14.3. The maximum atomic E-state index is 12.1. The number of hydrogen-bond acceptors (Lipinski definition) is 3. The number of nitrogens with one attached hydrogen (secondary N) is 2. The fraction of sp³-hybridized carbons (Fsp3) is 0.571. The Morgan fingerprint density at radius 1 is 1.26 bits per heavy atom. The van der Waals surface area contributed by atoms with Gasteiger partial charge in [0, 0.05) is 12.6 Å². The average Bonchev–Trinajstić information content (AvgIpc) is 3.08. The molecule has 2 N–H and O–H groups in total. The Balaban J connectivity index is 2.14. The van der Waals surface area contributed by atoms with Crippen LogP contribution in [0.3, 0.4) is 0 Å². The quantitative estimate of drug-likeness (QED) is 0.808. The van der Waals surface area contributed by atoms with Crippen LogP contribution in [0.2, 0.25) is 0 Å². The van der Waals surface area contributed by atoms with Crippen molar-refractivity contribution < 1.29 is 8.42 Å². The van der Waals surface area contributed by atoms with E-state index in [9.17, 15) is 8.42 Å². The van der Waals surface area contributed by atoms with Crippen LogP contribution >= 0.6 is 0 Å². The Bertz CT molecular complexity index is 528. The molecule has 1 aliphatic rings. The van der Waals surface area contributed by atoms with Crippen LogP contribution in [0.4, 0.5) is 5.69 Å². The number of sulfonamides is 1. The lowest BCUT2D eigenvalue weighted by Crippen LogP contribution is -2.24. The van der Waals surface area contributed by atoms with Gasteiger partial charge in [-0.05, 0) is 30.9 Å². The van der Waals surface area contributed by atoms with Gasteiger partial charge in [-0.25, -0.2) is 13.1 Å². The second kappa shape index (κ2) is 5.92. The summed E-state index contributed by atoms with van der Waals surface area (Å²) in [6.07, 6.45) is 3.53. The molecule has 2 rings (SSSR count). The predicted molar refractivity (Wildman–Crippen MR) is 77.7 cm³/mol. The van der Waals surface area contributed by atoms with E-state index in [1.54, 1.807) is 19.1 Å². The Labute approximate surface area is 115 Å². The lowest BCUT2D eigenvalue weighted by molar-refractivity contribution is 0.584. The van der Waals surface area contributed by atoms with Gasteiger partial charge in [0.2, 0.25) is 10.0 Å². The largest absolute Gasteiger partial charge is 0.381 e. The van der Waals surface area contributed by atoms with Crippen molar-refractivity contribution in [2.24, 2.45) is 5.92 Å². The van der Waals surface area contributed by atoms with Gasteiger partial charge in [0.05, 0.1) is 5.69 Å². The second-order valence-electron chi connectivity index (χ2n) is 5.03. The molecule has 0 bridgehead atoms. The zero-order chi connectivity index (χ0) is 13.9. The Morgan fingerprint density at radius 3 is 2.68 bits per heavy atom. The van der Waals surface area contributed by atoms with E-state index >= 15 is 0 Å². The summed E-state index contributed by atoms with van der Waals surface area (Å²) in [5.41, 5.74) is 0.715. The normalized spacial score (nSPS) is 22.2. The fourth-order valence-corrected chi connectivity index (χ4v) is 3.61. The molecule has 2 unspecified atom stereocenters. The third-order valence-electron chi connectivity index (χ3n) is 3.43. The molecule has 0 saturated heterocycles. The molecule has 0 spiro atoms. The van der Waals surface area contributed by atoms with Gasteiger partial charge >= 0.3 is 0 Å². The molecule has 106 valence electrons. The molecule has 19 heavy (non-hydrogen) atoms. The van der Waals surface area contributed by atoms with Crippen LogP contribution < -0.4 is 10.0 Å². The van der Waals surface area contributed by atoms with Crippen LogP contribution in [0, 0.1) is 5.92 Å². The third kappa shape index (κ3) is 3.48. The van der Waals surface area contributed by atoms with E-state index in [1.807, 2.05) is 12.1 Å². The molecule has 0 aliphatic heterocycles. The topological polar surface area (TPSA) is 58.2 Å². The molecule has 0 radical (unpaired) electrons. The highest BCUT2D eigenvalue weighted by atomic mass is 32.2. The van der Waals surface area contributed by atoms with Gasteiger partial charge in [0.25, 0.3) is 0 Å². The molecule has 0 heterocycles. The first-order valence-corrected chi connectivity index (χ1v) is 8.42. The maximum Gasteiger partial charge on any atom is 0.242 e. The van der Waals surface area contributed by atoms with Gasteiger partial charge in [-0.1, -0.05) is 32.4 Å². The minimum Gasteiger partial charge on any atom is -0.381 e. The maximum absolute atomic E-state index is 12.1. The lowest BCUT2D eigenvalue weighted by Gasteiger charge is -2.12. The highest BCUT2D eigenvalue weighted by Gasteiger charge is 2.36. The van der Waals surface area contributed by atoms with Crippen LogP contribution in [0.15, 0.2) is 29.2 Å². The van der Waals surface area contributed by atoms with Crippen molar-refractivity contribution in [3.63, 3.8) is 0 Å². The number of rotatable bonds is 7. The lowest BCUT2D eigenvalue weighted by atomic mass is 10.2. The molecule has 1 aliphatic carbocycles. The van der Waals surface area contributed by atoms with Crippen molar-refractivity contribution in [3.05, 3.63) is 24.3 Å². The van der Waals surface area contributed by atoms with Crippen molar-refractivity contribution in [1.29, 1.82) is 0 Å². The van der Waals surface area contributed by atoms with Gasteiger partial charge < -0.3 is 5.32 Å². The number of benzene rings is 1. The highest BCUT2D eigenvalue weighted by Crippen LogP contribution is 2.38. The summed E-state index contributed by atoms with van der Waals surface area (Å²) in [5.74, 6) is 0.694. The molecule has 4 nitrogen and oxygen atoms in total. The zero-order valence-electron chi connectivity index (χ0n) is 11.5. The zero-order valence-corrected chi connectivity index (χ0v) is 12.3. The molecule has 2 atom stereocenters.